The lowest BCUT2D eigenvalue weighted by Crippen LogP contribution is -2.52. The van der Waals surface area contributed by atoms with Gasteiger partial charge >= 0.3 is 0 Å². The number of hydrogen-bond donors (Lipinski definition) is 2. The van der Waals surface area contributed by atoms with Gasteiger partial charge in [-0.3, -0.25) is 20.0 Å². The maximum absolute atomic E-state index is 13.2. The third-order valence-corrected chi connectivity index (χ3v) is 6.37. The molecule has 2 heterocycles. The van der Waals surface area contributed by atoms with Gasteiger partial charge in [-0.1, -0.05) is 0 Å². The molecule has 1 atom stereocenters. The highest BCUT2D eigenvalue weighted by atomic mass is 32.2. The Kier molecular flexibility index (Phi) is 6.75. The van der Waals surface area contributed by atoms with Gasteiger partial charge in [0.15, 0.2) is 0 Å². The van der Waals surface area contributed by atoms with Crippen LogP contribution < -0.4 is 10.2 Å². The highest BCUT2D eigenvalue weighted by Gasteiger charge is 2.40. The molecule has 3 rings (SSSR count). The van der Waals surface area contributed by atoms with Gasteiger partial charge < -0.3 is 9.47 Å². The SMILES string of the molecule is COCCCOc1ccc(S(=O)(=O)N2Cc3nccnc3CC2C(=O)NO)cc1. The van der Waals surface area contributed by atoms with Crippen LogP contribution in [0, 0.1) is 0 Å². The van der Waals surface area contributed by atoms with Gasteiger partial charge in [-0.25, -0.2) is 13.9 Å². The van der Waals surface area contributed by atoms with Crippen LogP contribution in [0.15, 0.2) is 41.6 Å². The van der Waals surface area contributed by atoms with E-state index in [9.17, 15) is 13.2 Å². The van der Waals surface area contributed by atoms with Crippen molar-refractivity contribution in [3.63, 3.8) is 0 Å². The molecular weight excluding hydrogens is 400 g/mol. The Morgan fingerprint density at radius 2 is 1.90 bits per heavy atom. The number of fused-ring (bicyclic) bond motifs is 1. The zero-order chi connectivity index (χ0) is 20.9. The third-order valence-electron chi connectivity index (χ3n) is 4.51. The highest BCUT2D eigenvalue weighted by molar-refractivity contribution is 7.89. The second-order valence-electron chi connectivity index (χ2n) is 6.36. The molecule has 0 fully saturated rings. The Labute approximate surface area is 168 Å². The molecule has 11 heteroatoms. The minimum atomic E-state index is -4.04. The second-order valence-corrected chi connectivity index (χ2v) is 8.25. The quantitative estimate of drug-likeness (QED) is 0.357. The average Bonchev–Trinajstić information content (AvgIpc) is 2.75. The lowest BCUT2D eigenvalue weighted by atomic mass is 10.0. The van der Waals surface area contributed by atoms with Crippen LogP contribution in [0.2, 0.25) is 0 Å². The zero-order valence-corrected chi connectivity index (χ0v) is 16.6. The Balaban J connectivity index is 1.83. The van der Waals surface area contributed by atoms with Gasteiger partial charge in [0.1, 0.15) is 11.8 Å². The van der Waals surface area contributed by atoms with Gasteiger partial charge in [-0.05, 0) is 24.3 Å². The van der Waals surface area contributed by atoms with E-state index in [1.165, 1.54) is 30.0 Å². The van der Waals surface area contributed by atoms with E-state index in [0.717, 1.165) is 4.31 Å². The van der Waals surface area contributed by atoms with Gasteiger partial charge in [-0.15, -0.1) is 0 Å². The first-order valence-corrected chi connectivity index (χ1v) is 10.4. The van der Waals surface area contributed by atoms with E-state index >= 15 is 0 Å². The molecule has 1 aromatic carbocycles. The fraction of sp³-hybridized carbons (Fsp3) is 0.389. The summed E-state index contributed by atoms with van der Waals surface area (Å²) < 4.78 is 37.9. The lowest BCUT2D eigenvalue weighted by molar-refractivity contribution is -0.133. The van der Waals surface area contributed by atoms with Crippen molar-refractivity contribution in [3.8, 4) is 5.75 Å². The molecule has 0 saturated carbocycles. The standard InChI is InChI=1S/C18H22N4O6S/c1-27-9-2-10-28-13-3-5-14(6-4-13)29(25,26)22-12-16-15(19-7-8-20-16)11-17(22)18(23)21-24/h3-8,17,24H,2,9-12H2,1H3,(H,21,23). The predicted molar refractivity (Wildman–Crippen MR) is 101 cm³/mol. The van der Waals surface area contributed by atoms with Crippen molar-refractivity contribution in [2.24, 2.45) is 0 Å². The van der Waals surface area contributed by atoms with Crippen LogP contribution in [0.1, 0.15) is 17.8 Å². The first-order valence-electron chi connectivity index (χ1n) is 8.93. The molecule has 0 saturated heterocycles. The van der Waals surface area contributed by atoms with Crippen molar-refractivity contribution in [1.29, 1.82) is 0 Å². The number of carbonyl (C=O) groups excluding carboxylic acids is 1. The number of benzene rings is 1. The highest BCUT2D eigenvalue weighted by Crippen LogP contribution is 2.28. The number of nitrogens with zero attached hydrogens (tertiary/aromatic N) is 3. The van der Waals surface area contributed by atoms with E-state index < -0.39 is 22.0 Å². The smallest absolute Gasteiger partial charge is 0.262 e. The van der Waals surface area contributed by atoms with Crippen LogP contribution in [0.4, 0.5) is 0 Å². The monoisotopic (exact) mass is 422 g/mol. The maximum Gasteiger partial charge on any atom is 0.262 e. The second kappa shape index (κ2) is 9.27. The van der Waals surface area contributed by atoms with Gasteiger partial charge in [-0.2, -0.15) is 4.31 Å². The predicted octanol–water partition coefficient (Wildman–Crippen LogP) is 0.513. The fourth-order valence-electron chi connectivity index (χ4n) is 3.03. The number of hydroxylamine groups is 1. The Morgan fingerprint density at radius 3 is 2.55 bits per heavy atom. The number of carbonyl (C=O) groups is 1. The molecular formula is C18H22N4O6S. The van der Waals surface area contributed by atoms with Crippen molar-refractivity contribution in [2.45, 2.75) is 30.3 Å². The fourth-order valence-corrected chi connectivity index (χ4v) is 4.58. The van der Waals surface area contributed by atoms with Gasteiger partial charge in [0.2, 0.25) is 10.0 Å². The number of amides is 1. The van der Waals surface area contributed by atoms with E-state index in [1.807, 2.05) is 0 Å². The number of sulfonamides is 1. The van der Waals surface area contributed by atoms with E-state index in [4.69, 9.17) is 14.7 Å². The molecule has 0 radical (unpaired) electrons. The molecule has 1 aliphatic heterocycles. The van der Waals surface area contributed by atoms with Gasteiger partial charge in [0.25, 0.3) is 5.91 Å². The molecule has 10 nitrogen and oxygen atoms in total. The molecule has 2 N–H and O–H groups in total. The average molecular weight is 422 g/mol. The number of nitrogens with one attached hydrogen (secondary N) is 1. The summed E-state index contributed by atoms with van der Waals surface area (Å²) in [4.78, 5) is 20.5. The molecule has 1 unspecified atom stereocenters. The van der Waals surface area contributed by atoms with E-state index in [0.29, 0.717) is 36.8 Å². The molecule has 29 heavy (non-hydrogen) atoms. The van der Waals surface area contributed by atoms with Crippen molar-refractivity contribution in [1.82, 2.24) is 19.8 Å². The van der Waals surface area contributed by atoms with Gasteiger partial charge in [0.05, 0.1) is 29.4 Å². The number of ether oxygens (including phenoxy) is 2. The van der Waals surface area contributed by atoms with Crippen LogP contribution in [-0.2, 0) is 32.5 Å². The normalized spacial score (nSPS) is 16.8. The van der Waals surface area contributed by atoms with E-state index in [-0.39, 0.29) is 17.9 Å². The summed E-state index contributed by atoms with van der Waals surface area (Å²) in [6, 6.07) is 4.80. The minimum absolute atomic E-state index is 0.00446. The van der Waals surface area contributed by atoms with Crippen LogP contribution in [0.5, 0.6) is 5.75 Å². The Hall–Kier alpha value is -2.60. The zero-order valence-electron chi connectivity index (χ0n) is 15.8. The number of methoxy groups -OCH3 is 1. The maximum atomic E-state index is 13.2. The van der Waals surface area contributed by atoms with Crippen molar-refractivity contribution in [2.75, 3.05) is 20.3 Å². The van der Waals surface area contributed by atoms with Crippen molar-refractivity contribution in [3.05, 3.63) is 48.0 Å². The summed E-state index contributed by atoms with van der Waals surface area (Å²) in [5.74, 6) is -0.303. The molecule has 1 aromatic heterocycles. The number of rotatable bonds is 8. The molecule has 0 spiro atoms. The van der Waals surface area contributed by atoms with Crippen LogP contribution in [0.25, 0.3) is 0 Å². The third kappa shape index (κ3) is 4.70. The molecule has 2 aromatic rings. The topological polar surface area (TPSA) is 131 Å². The molecule has 1 amide bonds. The first-order chi connectivity index (χ1) is 14.0. The van der Waals surface area contributed by atoms with Gasteiger partial charge in [0, 0.05) is 39.0 Å². The summed E-state index contributed by atoms with van der Waals surface area (Å²) in [5.41, 5.74) is 2.53. The van der Waals surface area contributed by atoms with Crippen LogP contribution in [0.3, 0.4) is 0 Å². The van der Waals surface area contributed by atoms with Crippen LogP contribution in [-0.4, -0.2) is 60.2 Å². The largest absolute Gasteiger partial charge is 0.494 e. The summed E-state index contributed by atoms with van der Waals surface area (Å²) in [7, 11) is -2.43. The first kappa shape index (κ1) is 21.1. The Bertz CT molecular complexity index is 951. The summed E-state index contributed by atoms with van der Waals surface area (Å²) in [6.45, 7) is 0.888. The molecule has 0 aliphatic carbocycles. The summed E-state index contributed by atoms with van der Waals surface area (Å²) >= 11 is 0. The van der Waals surface area contributed by atoms with Crippen molar-refractivity contribution >= 4 is 15.9 Å². The number of hydrogen-bond acceptors (Lipinski definition) is 8. The van der Waals surface area contributed by atoms with E-state index in [2.05, 4.69) is 9.97 Å². The summed E-state index contributed by atoms with van der Waals surface area (Å²) in [5, 5.41) is 9.06. The number of aromatic nitrogens is 2. The molecule has 0 bridgehead atoms. The lowest BCUT2D eigenvalue weighted by Gasteiger charge is -2.33. The molecule has 156 valence electrons. The summed E-state index contributed by atoms with van der Waals surface area (Å²) in [6.07, 6.45) is 3.66. The Morgan fingerprint density at radius 1 is 1.21 bits per heavy atom. The van der Waals surface area contributed by atoms with Crippen molar-refractivity contribution < 1.29 is 27.9 Å². The van der Waals surface area contributed by atoms with Crippen LogP contribution >= 0.6 is 0 Å². The molecule has 1 aliphatic rings. The van der Waals surface area contributed by atoms with E-state index in [1.54, 1.807) is 19.2 Å². The minimum Gasteiger partial charge on any atom is -0.494 e.